The van der Waals surface area contributed by atoms with Crippen molar-refractivity contribution in [2.24, 2.45) is 5.73 Å². The maximum Gasteiger partial charge on any atom is 0.247 e. The summed E-state index contributed by atoms with van der Waals surface area (Å²) in [6.45, 7) is 3.32. The zero-order valence-electron chi connectivity index (χ0n) is 5.89. The average Bonchev–Trinajstić information content (AvgIpc) is 1.84. The first kappa shape index (κ1) is 8.01. The van der Waals surface area contributed by atoms with Gasteiger partial charge in [-0.2, -0.15) is 0 Å². The van der Waals surface area contributed by atoms with Crippen molar-refractivity contribution in [3.05, 3.63) is 11.3 Å². The monoisotopic (exact) mass is 129 g/mol. The first-order valence-corrected chi connectivity index (χ1v) is 2.61. The van der Waals surface area contributed by atoms with Crippen molar-refractivity contribution in [1.82, 2.24) is 0 Å². The van der Waals surface area contributed by atoms with Gasteiger partial charge in [0.15, 0.2) is 0 Å². The number of amides is 1. The fourth-order valence-electron chi connectivity index (χ4n) is 0.327. The molecule has 3 nitrogen and oxygen atoms in total. The Labute approximate surface area is 54.5 Å². The average molecular weight is 129 g/mol. The Morgan fingerprint density at radius 2 is 1.89 bits per heavy atom. The maximum absolute atomic E-state index is 10.4. The molecule has 9 heavy (non-hydrogen) atoms. The molecular formula is C6H11NO2. The summed E-state index contributed by atoms with van der Waals surface area (Å²) in [5.74, 6) is 0.136. The summed E-state index contributed by atoms with van der Waals surface area (Å²) in [6, 6.07) is 0. The molecule has 0 saturated heterocycles. The third kappa shape index (κ3) is 2.17. The smallest absolute Gasteiger partial charge is 0.247 e. The number of rotatable bonds is 2. The highest BCUT2D eigenvalue weighted by molar-refractivity contribution is 5.91. The normalized spacial score (nSPS) is 12.3. The molecule has 1 amide bonds. The number of methoxy groups -OCH3 is 1. The molecule has 0 fully saturated rings. The second-order valence-electron chi connectivity index (χ2n) is 1.75. The number of carbonyl (C=O) groups excluding carboxylic acids is 1. The summed E-state index contributed by atoms with van der Waals surface area (Å²) in [6.07, 6.45) is 0. The summed E-state index contributed by atoms with van der Waals surface area (Å²) in [4.78, 5) is 10.4. The van der Waals surface area contributed by atoms with Gasteiger partial charge in [0.25, 0.3) is 0 Å². The van der Waals surface area contributed by atoms with Crippen LogP contribution in [0.15, 0.2) is 11.3 Å². The van der Waals surface area contributed by atoms with Crippen LogP contribution in [0.4, 0.5) is 0 Å². The first-order chi connectivity index (χ1) is 4.09. The third-order valence-electron chi connectivity index (χ3n) is 1.20. The Balaban J connectivity index is 4.28. The van der Waals surface area contributed by atoms with Gasteiger partial charge < -0.3 is 10.5 Å². The van der Waals surface area contributed by atoms with E-state index >= 15 is 0 Å². The molecule has 0 aromatic heterocycles. The molecule has 0 atom stereocenters. The molecule has 0 rings (SSSR count). The number of hydrogen-bond donors (Lipinski definition) is 1. The summed E-state index contributed by atoms with van der Waals surface area (Å²) in [5.41, 5.74) is 5.41. The number of allylic oxidation sites excluding steroid dienone is 1. The highest BCUT2D eigenvalue weighted by atomic mass is 16.5. The van der Waals surface area contributed by atoms with E-state index < -0.39 is 5.91 Å². The molecule has 0 saturated carbocycles. The number of hydrogen-bond acceptors (Lipinski definition) is 2. The number of carbonyl (C=O) groups is 1. The number of ether oxygens (including phenoxy) is 1. The summed E-state index contributed by atoms with van der Waals surface area (Å²) in [5, 5.41) is 0. The van der Waals surface area contributed by atoms with E-state index in [1.807, 2.05) is 0 Å². The van der Waals surface area contributed by atoms with E-state index in [0.717, 1.165) is 0 Å². The lowest BCUT2D eigenvalue weighted by Crippen LogP contribution is -2.13. The predicted molar refractivity (Wildman–Crippen MR) is 34.6 cm³/mol. The van der Waals surface area contributed by atoms with Crippen molar-refractivity contribution in [3.63, 3.8) is 0 Å². The minimum absolute atomic E-state index is 0.436. The van der Waals surface area contributed by atoms with Gasteiger partial charge >= 0.3 is 0 Å². The lowest BCUT2D eigenvalue weighted by Gasteiger charge is -2.00. The summed E-state index contributed by atoms with van der Waals surface area (Å²) < 4.78 is 4.75. The highest BCUT2D eigenvalue weighted by Gasteiger charge is 2.00. The van der Waals surface area contributed by atoms with Crippen LogP contribution in [-0.4, -0.2) is 13.0 Å². The van der Waals surface area contributed by atoms with E-state index in [2.05, 4.69) is 0 Å². The van der Waals surface area contributed by atoms with Gasteiger partial charge in [0, 0.05) is 0 Å². The van der Waals surface area contributed by atoms with Gasteiger partial charge in [-0.25, -0.2) is 0 Å². The molecule has 52 valence electrons. The first-order valence-electron chi connectivity index (χ1n) is 2.61. The second kappa shape index (κ2) is 3.12. The van der Waals surface area contributed by atoms with E-state index in [0.29, 0.717) is 11.3 Å². The highest BCUT2D eigenvalue weighted by Crippen LogP contribution is 2.01. The van der Waals surface area contributed by atoms with E-state index in [1.54, 1.807) is 13.8 Å². The van der Waals surface area contributed by atoms with Crippen molar-refractivity contribution in [2.75, 3.05) is 7.11 Å². The molecule has 0 aliphatic heterocycles. The molecule has 2 N–H and O–H groups in total. The van der Waals surface area contributed by atoms with Crippen LogP contribution in [0.2, 0.25) is 0 Å². The fourth-order valence-corrected chi connectivity index (χ4v) is 0.327. The molecule has 0 aromatic rings. The molecule has 3 heteroatoms. The fraction of sp³-hybridized carbons (Fsp3) is 0.500. The number of primary amides is 1. The third-order valence-corrected chi connectivity index (χ3v) is 1.20. The van der Waals surface area contributed by atoms with Gasteiger partial charge in [-0.15, -0.1) is 0 Å². The summed E-state index contributed by atoms with van der Waals surface area (Å²) >= 11 is 0. The topological polar surface area (TPSA) is 52.3 Å². The minimum Gasteiger partial charge on any atom is -0.501 e. The Morgan fingerprint density at radius 1 is 1.44 bits per heavy atom. The Bertz CT molecular complexity index is 149. The van der Waals surface area contributed by atoms with E-state index in [-0.39, 0.29) is 0 Å². The van der Waals surface area contributed by atoms with Crippen LogP contribution in [0, 0.1) is 0 Å². The molecule has 0 aromatic carbocycles. The molecule has 0 radical (unpaired) electrons. The molecule has 0 heterocycles. The van der Waals surface area contributed by atoms with Crippen molar-refractivity contribution in [1.29, 1.82) is 0 Å². The minimum atomic E-state index is -0.436. The molecule has 0 spiro atoms. The van der Waals surface area contributed by atoms with Crippen LogP contribution >= 0.6 is 0 Å². The zero-order valence-corrected chi connectivity index (χ0v) is 5.89. The van der Waals surface area contributed by atoms with Gasteiger partial charge in [0.2, 0.25) is 5.91 Å². The lowest BCUT2D eigenvalue weighted by atomic mass is 10.2. The zero-order chi connectivity index (χ0) is 7.44. The van der Waals surface area contributed by atoms with Crippen LogP contribution in [0.1, 0.15) is 13.8 Å². The molecule has 0 aliphatic carbocycles. The number of nitrogens with two attached hydrogens (primary N) is 1. The van der Waals surface area contributed by atoms with Crippen LogP contribution in [0.3, 0.4) is 0 Å². The van der Waals surface area contributed by atoms with Gasteiger partial charge in [-0.3, -0.25) is 4.79 Å². The van der Waals surface area contributed by atoms with Gasteiger partial charge in [0.1, 0.15) is 5.76 Å². The van der Waals surface area contributed by atoms with Crippen molar-refractivity contribution in [2.45, 2.75) is 13.8 Å². The largest absolute Gasteiger partial charge is 0.501 e. The standard InChI is InChI=1S/C6H11NO2/c1-4(6(7)8)5(2)9-3/h1-3H3,(H2,7,8). The van der Waals surface area contributed by atoms with Crippen molar-refractivity contribution >= 4 is 5.91 Å². The summed E-state index contributed by atoms with van der Waals surface area (Å²) in [7, 11) is 1.50. The maximum atomic E-state index is 10.4. The van der Waals surface area contributed by atoms with Crippen molar-refractivity contribution < 1.29 is 9.53 Å². The quantitative estimate of drug-likeness (QED) is 0.433. The van der Waals surface area contributed by atoms with E-state index in [4.69, 9.17) is 10.5 Å². The van der Waals surface area contributed by atoms with Gasteiger partial charge in [0.05, 0.1) is 12.7 Å². The van der Waals surface area contributed by atoms with Crippen LogP contribution in [-0.2, 0) is 9.53 Å². The predicted octanol–water partition coefficient (Wildman–Crippen LogP) is 0.412. The molecule has 0 unspecified atom stereocenters. The Kier molecular flexibility index (Phi) is 2.78. The lowest BCUT2D eigenvalue weighted by molar-refractivity contribution is -0.114. The van der Waals surface area contributed by atoms with Crippen molar-refractivity contribution in [3.8, 4) is 0 Å². The molecular weight excluding hydrogens is 118 g/mol. The van der Waals surface area contributed by atoms with Crippen LogP contribution in [0.25, 0.3) is 0 Å². The van der Waals surface area contributed by atoms with Crippen LogP contribution in [0.5, 0.6) is 0 Å². The SMILES string of the molecule is COC(C)=C(C)C(N)=O. The molecule has 0 aliphatic rings. The van der Waals surface area contributed by atoms with Crippen LogP contribution < -0.4 is 5.73 Å². The van der Waals surface area contributed by atoms with E-state index in [1.165, 1.54) is 7.11 Å². The van der Waals surface area contributed by atoms with Gasteiger partial charge in [-0.1, -0.05) is 0 Å². The van der Waals surface area contributed by atoms with Gasteiger partial charge in [-0.05, 0) is 13.8 Å². The second-order valence-corrected chi connectivity index (χ2v) is 1.75. The Morgan fingerprint density at radius 3 is 2.00 bits per heavy atom. The Hall–Kier alpha value is -0.990. The molecule has 0 bridgehead atoms. The van der Waals surface area contributed by atoms with E-state index in [9.17, 15) is 4.79 Å².